The van der Waals surface area contributed by atoms with Crippen molar-refractivity contribution in [2.24, 2.45) is 13.0 Å². The number of aryl methyl sites for hydroxylation is 1. The van der Waals surface area contributed by atoms with Crippen LogP contribution < -0.4 is 5.32 Å². The van der Waals surface area contributed by atoms with E-state index in [0.717, 1.165) is 63.8 Å². The van der Waals surface area contributed by atoms with E-state index < -0.39 is 0 Å². The largest absolute Gasteiger partial charge is 0.332 e. The van der Waals surface area contributed by atoms with Crippen molar-refractivity contribution in [3.63, 3.8) is 0 Å². The lowest BCUT2D eigenvalue weighted by Gasteiger charge is -2.14. The van der Waals surface area contributed by atoms with E-state index >= 15 is 0 Å². The van der Waals surface area contributed by atoms with Crippen LogP contribution in [0.3, 0.4) is 0 Å². The molecule has 3 aromatic heterocycles. The Labute approximate surface area is 192 Å². The molecule has 1 fully saturated rings. The van der Waals surface area contributed by atoms with Crippen molar-refractivity contribution in [2.45, 2.75) is 13.0 Å². The van der Waals surface area contributed by atoms with Gasteiger partial charge in [0.15, 0.2) is 5.69 Å². The van der Waals surface area contributed by atoms with Gasteiger partial charge >= 0.3 is 0 Å². The minimum absolute atomic E-state index is 0.636. The quantitative estimate of drug-likeness (QED) is 0.386. The number of fused-ring (bicyclic) bond motifs is 2. The van der Waals surface area contributed by atoms with E-state index in [1.54, 1.807) is 0 Å². The molecule has 0 radical (unpaired) electrons. The maximum atomic E-state index is 7.31. The topological polar surface area (TPSA) is 52.0 Å². The second-order valence-corrected chi connectivity index (χ2v) is 8.85. The molecule has 6 rings (SSSR count). The molecule has 1 saturated heterocycles. The summed E-state index contributed by atoms with van der Waals surface area (Å²) in [5, 5.41) is 10.2. The molecule has 0 saturated carbocycles. The van der Waals surface area contributed by atoms with E-state index in [0.29, 0.717) is 11.6 Å². The van der Waals surface area contributed by atoms with Gasteiger partial charge in [-0.05, 0) is 54.8 Å². The van der Waals surface area contributed by atoms with Crippen molar-refractivity contribution in [1.29, 1.82) is 0 Å². The number of nitrogens with one attached hydrogen (secondary N) is 1. The lowest BCUT2D eigenvalue weighted by molar-refractivity contribution is 0.489. The molecule has 162 valence electrons. The molecule has 0 aliphatic carbocycles. The Morgan fingerprint density at radius 2 is 1.97 bits per heavy atom. The molecule has 1 aliphatic rings. The molecule has 0 bridgehead atoms. The highest BCUT2D eigenvalue weighted by atomic mass is 15.2. The Morgan fingerprint density at radius 3 is 2.76 bits per heavy atom. The van der Waals surface area contributed by atoms with Gasteiger partial charge in [0.2, 0.25) is 0 Å². The maximum absolute atomic E-state index is 7.31. The Balaban J connectivity index is 1.54. The van der Waals surface area contributed by atoms with E-state index in [1.807, 2.05) is 48.4 Å². The van der Waals surface area contributed by atoms with Gasteiger partial charge in [-0.15, -0.1) is 0 Å². The Morgan fingerprint density at radius 1 is 1.12 bits per heavy atom. The normalized spacial score (nSPS) is 15.9. The van der Waals surface area contributed by atoms with E-state index in [-0.39, 0.29) is 0 Å². The number of hydrogen-bond acceptors (Lipinski definition) is 3. The molecule has 1 aliphatic heterocycles. The third kappa shape index (κ3) is 3.47. The van der Waals surface area contributed by atoms with Crippen LogP contribution in [0, 0.1) is 12.5 Å². The first-order chi connectivity index (χ1) is 16.2. The lowest BCUT2D eigenvalue weighted by Crippen LogP contribution is -2.14. The molecular formula is C27H24N6. The van der Waals surface area contributed by atoms with Crippen LogP contribution in [0.25, 0.3) is 49.0 Å². The molecule has 1 atom stereocenters. The number of benzene rings is 2. The van der Waals surface area contributed by atoms with Crippen molar-refractivity contribution in [3.05, 3.63) is 78.5 Å². The summed E-state index contributed by atoms with van der Waals surface area (Å²) in [4.78, 5) is 8.50. The molecule has 4 heterocycles. The summed E-state index contributed by atoms with van der Waals surface area (Å²) in [6.45, 7) is 10.4. The first-order valence-corrected chi connectivity index (χ1v) is 11.3. The Kier molecular flexibility index (Phi) is 4.70. The van der Waals surface area contributed by atoms with Gasteiger partial charge in [0, 0.05) is 54.1 Å². The molecule has 2 aromatic carbocycles. The molecule has 6 nitrogen and oxygen atoms in total. The van der Waals surface area contributed by atoms with Gasteiger partial charge in [0.25, 0.3) is 0 Å². The summed E-state index contributed by atoms with van der Waals surface area (Å²) in [6.07, 6.45) is 7.41. The monoisotopic (exact) mass is 432 g/mol. The molecule has 0 spiro atoms. The first kappa shape index (κ1) is 19.7. The van der Waals surface area contributed by atoms with Crippen molar-refractivity contribution in [1.82, 2.24) is 24.6 Å². The summed E-state index contributed by atoms with van der Waals surface area (Å²) in [5.41, 5.74) is 7.09. The van der Waals surface area contributed by atoms with E-state index in [4.69, 9.17) is 11.6 Å². The number of rotatable bonds is 4. The van der Waals surface area contributed by atoms with Gasteiger partial charge in [0.1, 0.15) is 5.65 Å². The molecule has 6 heteroatoms. The zero-order chi connectivity index (χ0) is 22.4. The van der Waals surface area contributed by atoms with Crippen LogP contribution in [0.4, 0.5) is 5.69 Å². The summed E-state index contributed by atoms with van der Waals surface area (Å²) in [7, 11) is 1.94. The smallest absolute Gasteiger partial charge is 0.187 e. The number of pyridine rings is 1. The Hall–Kier alpha value is -3.95. The third-order valence-corrected chi connectivity index (χ3v) is 6.62. The van der Waals surface area contributed by atoms with Gasteiger partial charge in [0.05, 0.1) is 12.1 Å². The SMILES string of the molecule is [C-]#[N+]c1ccc(-c2c(-c3ccc4nn(C)cc4c3)cnc3c2ccn3C[C@@H]2CCNC2)cc1. The molecule has 5 aromatic rings. The second-order valence-electron chi connectivity index (χ2n) is 8.85. The van der Waals surface area contributed by atoms with Crippen LogP contribution in [0.5, 0.6) is 0 Å². The van der Waals surface area contributed by atoms with Gasteiger partial charge in [-0.3, -0.25) is 4.68 Å². The van der Waals surface area contributed by atoms with Gasteiger partial charge in [-0.1, -0.05) is 30.3 Å². The van der Waals surface area contributed by atoms with Crippen LogP contribution in [-0.4, -0.2) is 32.4 Å². The zero-order valence-electron chi connectivity index (χ0n) is 18.5. The van der Waals surface area contributed by atoms with Crippen LogP contribution in [-0.2, 0) is 13.6 Å². The van der Waals surface area contributed by atoms with Gasteiger partial charge < -0.3 is 9.88 Å². The molecule has 0 unspecified atom stereocenters. The van der Waals surface area contributed by atoms with E-state index in [1.165, 1.54) is 6.42 Å². The minimum Gasteiger partial charge on any atom is -0.332 e. The summed E-state index contributed by atoms with van der Waals surface area (Å²) >= 11 is 0. The van der Waals surface area contributed by atoms with Crippen LogP contribution in [0.2, 0.25) is 0 Å². The van der Waals surface area contributed by atoms with Crippen LogP contribution in [0.1, 0.15) is 6.42 Å². The van der Waals surface area contributed by atoms with E-state index in [9.17, 15) is 0 Å². The number of hydrogen-bond donors (Lipinski definition) is 1. The molecular weight excluding hydrogens is 408 g/mol. The highest BCUT2D eigenvalue weighted by Gasteiger charge is 2.19. The predicted octanol–water partition coefficient (Wildman–Crippen LogP) is 5.42. The fraction of sp³-hybridized carbons (Fsp3) is 0.222. The molecule has 0 amide bonds. The fourth-order valence-corrected chi connectivity index (χ4v) is 4.98. The zero-order valence-corrected chi connectivity index (χ0v) is 18.5. The fourth-order valence-electron chi connectivity index (χ4n) is 4.98. The molecule has 33 heavy (non-hydrogen) atoms. The van der Waals surface area contributed by atoms with Crippen molar-refractivity contribution in [3.8, 4) is 22.3 Å². The predicted molar refractivity (Wildman–Crippen MR) is 132 cm³/mol. The Bertz CT molecular complexity index is 1510. The van der Waals surface area contributed by atoms with Crippen LogP contribution in [0.15, 0.2) is 67.1 Å². The highest BCUT2D eigenvalue weighted by Crippen LogP contribution is 2.39. The summed E-state index contributed by atoms with van der Waals surface area (Å²) in [5.74, 6) is 0.636. The number of aromatic nitrogens is 4. The van der Waals surface area contributed by atoms with Gasteiger partial charge in [-0.2, -0.15) is 5.10 Å². The van der Waals surface area contributed by atoms with Crippen molar-refractivity contribution >= 4 is 27.6 Å². The highest BCUT2D eigenvalue weighted by molar-refractivity contribution is 6.02. The third-order valence-electron chi connectivity index (χ3n) is 6.62. The minimum atomic E-state index is 0.636. The number of nitrogens with zero attached hydrogens (tertiary/aromatic N) is 5. The summed E-state index contributed by atoms with van der Waals surface area (Å²) in [6, 6.07) is 16.4. The van der Waals surface area contributed by atoms with Crippen LogP contribution >= 0.6 is 0 Å². The summed E-state index contributed by atoms with van der Waals surface area (Å²) < 4.78 is 4.13. The molecule has 1 N–H and O–H groups in total. The average Bonchev–Trinajstić information content (AvgIpc) is 3.58. The standard InChI is InChI=1S/C27H24N6/c1-28-22-6-3-19(4-7-22)26-23-10-12-33(16-18-9-11-29-14-18)27(23)30-15-24(26)20-5-8-25-21(13-20)17-32(2)31-25/h3-8,10,12-13,15,17-18,29H,9,11,14,16H2,2H3/t18-/m1/s1. The second kappa shape index (κ2) is 7.88. The van der Waals surface area contributed by atoms with Gasteiger partial charge in [-0.25, -0.2) is 9.83 Å². The first-order valence-electron chi connectivity index (χ1n) is 11.3. The van der Waals surface area contributed by atoms with E-state index in [2.05, 4.69) is 50.3 Å². The van der Waals surface area contributed by atoms with Crippen molar-refractivity contribution < 1.29 is 0 Å². The lowest BCUT2D eigenvalue weighted by atomic mass is 9.93. The van der Waals surface area contributed by atoms with Crippen molar-refractivity contribution in [2.75, 3.05) is 13.1 Å². The maximum Gasteiger partial charge on any atom is 0.187 e. The average molecular weight is 433 g/mol.